The van der Waals surface area contributed by atoms with Gasteiger partial charge in [-0.3, -0.25) is 10.4 Å². The number of hydrogen-bond acceptors (Lipinski definition) is 4. The molecule has 0 aromatic heterocycles. The normalized spacial score (nSPS) is 14.6. The Bertz CT molecular complexity index is 416. The van der Waals surface area contributed by atoms with E-state index in [-0.39, 0.29) is 17.8 Å². The first-order valence-corrected chi connectivity index (χ1v) is 5.09. The van der Waals surface area contributed by atoms with E-state index in [1.54, 1.807) is 6.92 Å². The molecular formula is C11H15F3N4. The van der Waals surface area contributed by atoms with Crippen molar-refractivity contribution in [3.63, 3.8) is 0 Å². The van der Waals surface area contributed by atoms with Gasteiger partial charge in [0.05, 0.1) is 11.9 Å². The van der Waals surface area contributed by atoms with Gasteiger partial charge in [-0.05, 0) is 12.5 Å². The van der Waals surface area contributed by atoms with Gasteiger partial charge in [0.15, 0.2) is 5.83 Å². The minimum absolute atomic E-state index is 0.0287. The fourth-order valence-electron chi connectivity index (χ4n) is 0.774. The van der Waals surface area contributed by atoms with Gasteiger partial charge < -0.3 is 11.1 Å². The molecule has 0 fully saturated rings. The molecule has 0 bridgehead atoms. The zero-order chi connectivity index (χ0) is 14.3. The van der Waals surface area contributed by atoms with Gasteiger partial charge in [0.25, 0.3) is 5.92 Å². The largest absolute Gasteiger partial charge is 0.400 e. The van der Waals surface area contributed by atoms with E-state index in [1.165, 1.54) is 0 Å². The highest BCUT2D eigenvalue weighted by Crippen LogP contribution is 2.15. The minimum atomic E-state index is -3.33. The Kier molecular flexibility index (Phi) is 6.01. The maximum atomic E-state index is 13.2. The third-order valence-electron chi connectivity index (χ3n) is 1.93. The summed E-state index contributed by atoms with van der Waals surface area (Å²) in [5.41, 5.74) is 3.99. The molecule has 0 radical (unpaired) electrons. The first-order valence-electron chi connectivity index (χ1n) is 5.09. The number of aliphatic imine (C=N–C) groups is 1. The van der Waals surface area contributed by atoms with Gasteiger partial charge in [-0.15, -0.1) is 0 Å². The maximum Gasteiger partial charge on any atom is 0.286 e. The maximum absolute atomic E-state index is 13.2. The van der Waals surface area contributed by atoms with Crippen molar-refractivity contribution in [3.8, 4) is 0 Å². The van der Waals surface area contributed by atoms with E-state index in [9.17, 15) is 13.2 Å². The molecule has 0 aliphatic heterocycles. The van der Waals surface area contributed by atoms with Gasteiger partial charge in [-0.1, -0.05) is 6.92 Å². The molecule has 0 unspecified atom stereocenters. The zero-order valence-electron chi connectivity index (χ0n) is 10.1. The lowest BCUT2D eigenvalue weighted by atomic mass is 10.2. The Morgan fingerprint density at radius 3 is 2.39 bits per heavy atom. The molecule has 4 nitrogen and oxygen atoms in total. The molecule has 100 valence electrons. The van der Waals surface area contributed by atoms with E-state index in [4.69, 9.17) is 16.6 Å². The number of nitrogens with one attached hydrogen (secondary N) is 2. The summed E-state index contributed by atoms with van der Waals surface area (Å²) in [4.78, 5) is 3.47. The fourth-order valence-corrected chi connectivity index (χ4v) is 0.774. The Balaban J connectivity index is 5.05. The molecule has 4 N–H and O–H groups in total. The highest BCUT2D eigenvalue weighted by molar-refractivity contribution is 6.02. The topological polar surface area (TPSA) is 86.1 Å². The number of rotatable bonds is 6. The number of alkyl halides is 2. The number of nitrogens with two attached hydrogens (primary N) is 1. The van der Waals surface area contributed by atoms with Crippen molar-refractivity contribution in [3.05, 3.63) is 23.3 Å². The average molecular weight is 260 g/mol. The SMILES string of the molecule is CCC(N)=C(F)C=N/C(C=N)=C/C(=N)C(C)(F)F. The molecule has 0 rings (SSSR count). The molecule has 18 heavy (non-hydrogen) atoms. The van der Waals surface area contributed by atoms with Crippen molar-refractivity contribution in [1.29, 1.82) is 10.8 Å². The quantitative estimate of drug-likeness (QED) is 0.630. The number of nitrogens with zero attached hydrogens (tertiary/aromatic N) is 1. The standard InChI is InChI=1S/C11H15F3N4/c1-3-9(16)8(12)6-18-7(5-15)4-10(17)11(2,13)14/h4-6,15,17H,3,16H2,1-2H3/b7-4+,9-8?,15-5?,17-10?,18-6?. The molecular weight excluding hydrogens is 245 g/mol. The third-order valence-corrected chi connectivity index (χ3v) is 1.93. The lowest BCUT2D eigenvalue weighted by molar-refractivity contribution is 0.101. The van der Waals surface area contributed by atoms with Crippen LogP contribution in [0.4, 0.5) is 13.2 Å². The smallest absolute Gasteiger partial charge is 0.286 e. The van der Waals surface area contributed by atoms with Gasteiger partial charge >= 0.3 is 0 Å². The van der Waals surface area contributed by atoms with Crippen LogP contribution in [0.25, 0.3) is 0 Å². The van der Waals surface area contributed by atoms with E-state index in [1.807, 2.05) is 0 Å². The Morgan fingerprint density at radius 2 is 2.00 bits per heavy atom. The zero-order valence-corrected chi connectivity index (χ0v) is 10.1. The highest BCUT2D eigenvalue weighted by Gasteiger charge is 2.26. The molecule has 0 aromatic rings. The molecule has 0 amide bonds. The number of halogens is 3. The van der Waals surface area contributed by atoms with Gasteiger partial charge in [-0.2, -0.15) is 8.78 Å². The van der Waals surface area contributed by atoms with Crippen molar-refractivity contribution < 1.29 is 13.2 Å². The summed E-state index contributed by atoms with van der Waals surface area (Å²) in [5, 5.41) is 14.0. The molecule has 0 atom stereocenters. The summed E-state index contributed by atoms with van der Waals surface area (Å²) in [6.07, 6.45) is 2.35. The molecule has 0 saturated heterocycles. The van der Waals surface area contributed by atoms with Crippen LogP contribution in [-0.2, 0) is 0 Å². The van der Waals surface area contributed by atoms with Crippen LogP contribution < -0.4 is 5.73 Å². The van der Waals surface area contributed by atoms with Crippen LogP contribution in [0.1, 0.15) is 20.3 Å². The van der Waals surface area contributed by atoms with Crippen LogP contribution in [-0.4, -0.2) is 24.1 Å². The lowest BCUT2D eigenvalue weighted by Crippen LogP contribution is -2.21. The molecule has 0 heterocycles. The Labute approximate surface area is 103 Å². The second kappa shape index (κ2) is 6.73. The van der Waals surface area contributed by atoms with E-state index in [2.05, 4.69) is 4.99 Å². The first kappa shape index (κ1) is 16.1. The summed E-state index contributed by atoms with van der Waals surface area (Å²) >= 11 is 0. The van der Waals surface area contributed by atoms with Crippen LogP contribution in [0.2, 0.25) is 0 Å². The summed E-state index contributed by atoms with van der Waals surface area (Å²) in [6.45, 7) is 2.19. The Hall–Kier alpha value is -1.92. The monoisotopic (exact) mass is 260 g/mol. The second-order valence-corrected chi connectivity index (χ2v) is 3.50. The fraction of sp³-hybridized carbons (Fsp3) is 0.364. The Morgan fingerprint density at radius 1 is 1.44 bits per heavy atom. The molecule has 7 heteroatoms. The number of hydrogen-bond donors (Lipinski definition) is 3. The predicted octanol–water partition coefficient (Wildman–Crippen LogP) is 2.82. The van der Waals surface area contributed by atoms with Crippen molar-refractivity contribution in [2.45, 2.75) is 26.2 Å². The minimum Gasteiger partial charge on any atom is -0.400 e. The third kappa shape index (κ3) is 5.42. The summed E-state index contributed by atoms with van der Waals surface area (Å²) in [5.74, 6) is -4.12. The lowest BCUT2D eigenvalue weighted by Gasteiger charge is -2.07. The molecule has 0 saturated carbocycles. The average Bonchev–Trinajstić information content (AvgIpc) is 2.31. The molecule has 0 aliphatic carbocycles. The molecule has 0 aliphatic rings. The summed E-state index contributed by atoms with van der Waals surface area (Å²) in [7, 11) is 0. The van der Waals surface area contributed by atoms with E-state index in [0.717, 1.165) is 6.21 Å². The predicted molar refractivity (Wildman–Crippen MR) is 66.3 cm³/mol. The highest BCUT2D eigenvalue weighted by atomic mass is 19.3. The summed E-state index contributed by atoms with van der Waals surface area (Å²) < 4.78 is 38.6. The van der Waals surface area contributed by atoms with E-state index in [0.29, 0.717) is 19.2 Å². The van der Waals surface area contributed by atoms with Gasteiger partial charge in [-0.25, -0.2) is 4.39 Å². The van der Waals surface area contributed by atoms with Crippen LogP contribution in [0.3, 0.4) is 0 Å². The molecule has 0 spiro atoms. The van der Waals surface area contributed by atoms with Gasteiger partial charge in [0.2, 0.25) is 0 Å². The van der Waals surface area contributed by atoms with Crippen LogP contribution in [0.5, 0.6) is 0 Å². The van der Waals surface area contributed by atoms with Crippen molar-refractivity contribution in [2.24, 2.45) is 10.7 Å². The summed E-state index contributed by atoms with van der Waals surface area (Å²) in [6, 6.07) is 0. The number of allylic oxidation sites excluding steroid dienone is 4. The first-order chi connectivity index (χ1) is 8.22. The second-order valence-electron chi connectivity index (χ2n) is 3.50. The van der Waals surface area contributed by atoms with Crippen LogP contribution in [0, 0.1) is 10.8 Å². The van der Waals surface area contributed by atoms with Crippen molar-refractivity contribution in [1.82, 2.24) is 0 Å². The molecule has 0 aromatic carbocycles. The van der Waals surface area contributed by atoms with E-state index < -0.39 is 17.5 Å². The van der Waals surface area contributed by atoms with Crippen LogP contribution in [0.15, 0.2) is 28.3 Å². The van der Waals surface area contributed by atoms with Crippen LogP contribution >= 0.6 is 0 Å². The van der Waals surface area contributed by atoms with Gasteiger partial charge in [0, 0.05) is 18.8 Å². The van der Waals surface area contributed by atoms with Gasteiger partial charge in [0.1, 0.15) is 5.71 Å². The van der Waals surface area contributed by atoms with Crippen molar-refractivity contribution >= 4 is 18.1 Å². The van der Waals surface area contributed by atoms with E-state index >= 15 is 0 Å². The van der Waals surface area contributed by atoms with Crippen molar-refractivity contribution in [2.75, 3.05) is 0 Å².